The first-order valence-corrected chi connectivity index (χ1v) is 15.1. The summed E-state index contributed by atoms with van der Waals surface area (Å²) in [6.45, 7) is 6.92. The predicted octanol–water partition coefficient (Wildman–Crippen LogP) is 7.06. The largest absolute Gasteiger partial charge is 0.477 e. The molecular weight excluding hydrogens is 484 g/mol. The van der Waals surface area contributed by atoms with Crippen molar-refractivity contribution in [3.8, 4) is 0 Å². The van der Waals surface area contributed by atoms with Gasteiger partial charge in [0.1, 0.15) is 4.88 Å². The Morgan fingerprint density at radius 2 is 1.70 bits per heavy atom. The third-order valence-corrected chi connectivity index (χ3v) is 10.7. The summed E-state index contributed by atoms with van der Waals surface area (Å²) in [7, 11) is 0. The molecule has 1 N–H and O–H groups in total. The van der Waals surface area contributed by atoms with Crippen molar-refractivity contribution >= 4 is 28.9 Å². The molecule has 3 fully saturated rings. The van der Waals surface area contributed by atoms with Crippen LogP contribution in [0.3, 0.4) is 0 Å². The van der Waals surface area contributed by atoms with Crippen LogP contribution < -0.4 is 4.90 Å². The van der Waals surface area contributed by atoms with Crippen LogP contribution in [0.15, 0.2) is 18.5 Å². The predicted molar refractivity (Wildman–Crippen MR) is 146 cm³/mol. The van der Waals surface area contributed by atoms with E-state index < -0.39 is 5.97 Å². The number of aromatic nitrogens is 3. The van der Waals surface area contributed by atoms with E-state index in [9.17, 15) is 14.7 Å². The van der Waals surface area contributed by atoms with Crippen molar-refractivity contribution in [1.82, 2.24) is 15.0 Å². The van der Waals surface area contributed by atoms with Crippen LogP contribution >= 0.6 is 11.3 Å². The lowest BCUT2D eigenvalue weighted by Gasteiger charge is -2.39. The standard InChI is InChI=1S/C29H42N4O3S/c1-19-4-6-21(7-5-19)27(34)33(23-10-8-22(9-11-23)32-17-16-30-31-32)24-18-25(37-26(24)28(35)36)20-12-14-29(2,3)15-13-20/h16-23H,4-15H2,1-3H3,(H,35,36)/t19-,21-,22-,23-. The monoisotopic (exact) mass is 526 g/mol. The first kappa shape index (κ1) is 26.4. The van der Waals surface area contributed by atoms with Gasteiger partial charge in [-0.1, -0.05) is 26.0 Å². The second-order valence-corrected chi connectivity index (χ2v) is 13.7. The van der Waals surface area contributed by atoms with Gasteiger partial charge >= 0.3 is 5.97 Å². The number of hydrogen-bond donors (Lipinski definition) is 1. The summed E-state index contributed by atoms with van der Waals surface area (Å²) in [5, 5.41) is 18.4. The molecule has 1 amide bonds. The highest BCUT2D eigenvalue weighted by Crippen LogP contribution is 2.47. The number of hydrogen-bond acceptors (Lipinski definition) is 5. The van der Waals surface area contributed by atoms with E-state index in [0.29, 0.717) is 27.8 Å². The highest BCUT2D eigenvalue weighted by molar-refractivity contribution is 7.14. The molecule has 0 spiro atoms. The molecule has 0 saturated heterocycles. The van der Waals surface area contributed by atoms with Gasteiger partial charge in [-0.2, -0.15) is 0 Å². The minimum absolute atomic E-state index is 0.00952. The molecule has 0 aromatic carbocycles. The van der Waals surface area contributed by atoms with Gasteiger partial charge in [-0.3, -0.25) is 4.79 Å². The van der Waals surface area contributed by atoms with Crippen LogP contribution in [0.25, 0.3) is 0 Å². The molecule has 37 heavy (non-hydrogen) atoms. The molecule has 0 bridgehead atoms. The first-order valence-electron chi connectivity index (χ1n) is 14.3. The van der Waals surface area contributed by atoms with Gasteiger partial charge in [-0.15, -0.1) is 16.4 Å². The number of aromatic carboxylic acids is 1. The molecular formula is C29H42N4O3S. The summed E-state index contributed by atoms with van der Waals surface area (Å²) < 4.78 is 1.93. The van der Waals surface area contributed by atoms with E-state index in [0.717, 1.165) is 81.9 Å². The van der Waals surface area contributed by atoms with Crippen LogP contribution in [0.5, 0.6) is 0 Å². The van der Waals surface area contributed by atoms with Gasteiger partial charge in [0.2, 0.25) is 5.91 Å². The summed E-state index contributed by atoms with van der Waals surface area (Å²) in [4.78, 5) is 30.1. The number of carbonyl (C=O) groups is 2. The Kier molecular flexibility index (Phi) is 7.75. The molecule has 0 radical (unpaired) electrons. The second-order valence-electron chi connectivity index (χ2n) is 12.6. The number of nitrogens with zero attached hydrogens (tertiary/aromatic N) is 4. The van der Waals surface area contributed by atoms with E-state index in [1.54, 1.807) is 6.20 Å². The Morgan fingerprint density at radius 3 is 2.30 bits per heavy atom. The molecule has 3 aliphatic rings. The van der Waals surface area contributed by atoms with E-state index in [1.807, 2.05) is 15.8 Å². The molecule has 5 rings (SSSR count). The van der Waals surface area contributed by atoms with Gasteiger partial charge in [0, 0.05) is 23.0 Å². The van der Waals surface area contributed by atoms with Crippen molar-refractivity contribution in [2.45, 2.75) is 116 Å². The number of carbonyl (C=O) groups excluding carboxylic acids is 1. The third-order valence-electron chi connectivity index (χ3n) is 9.38. The van der Waals surface area contributed by atoms with Crippen molar-refractivity contribution in [1.29, 1.82) is 0 Å². The van der Waals surface area contributed by atoms with E-state index in [2.05, 4.69) is 37.1 Å². The molecule has 0 atom stereocenters. The Bertz CT molecular complexity index is 1070. The lowest BCUT2D eigenvalue weighted by Crippen LogP contribution is -2.46. The van der Waals surface area contributed by atoms with Crippen molar-refractivity contribution in [3.05, 3.63) is 28.2 Å². The van der Waals surface area contributed by atoms with Gasteiger partial charge in [-0.25, -0.2) is 9.48 Å². The zero-order valence-corrected chi connectivity index (χ0v) is 23.4. The topological polar surface area (TPSA) is 88.3 Å². The lowest BCUT2D eigenvalue weighted by molar-refractivity contribution is -0.124. The van der Waals surface area contributed by atoms with Gasteiger partial charge in [0.05, 0.1) is 17.9 Å². The van der Waals surface area contributed by atoms with Crippen LogP contribution in [-0.4, -0.2) is 38.0 Å². The molecule has 202 valence electrons. The zero-order valence-electron chi connectivity index (χ0n) is 22.6. The van der Waals surface area contributed by atoms with E-state index >= 15 is 0 Å². The summed E-state index contributed by atoms with van der Waals surface area (Å²) >= 11 is 1.41. The van der Waals surface area contributed by atoms with Gasteiger partial charge in [0.25, 0.3) is 0 Å². The van der Waals surface area contributed by atoms with E-state index in [1.165, 1.54) is 11.3 Å². The number of thiophene rings is 1. The molecule has 3 saturated carbocycles. The van der Waals surface area contributed by atoms with Gasteiger partial charge in [-0.05, 0) is 100 Å². The van der Waals surface area contributed by atoms with Crippen LogP contribution in [0.2, 0.25) is 0 Å². The molecule has 2 aromatic rings. The van der Waals surface area contributed by atoms with Crippen LogP contribution in [0.4, 0.5) is 5.69 Å². The lowest BCUT2D eigenvalue weighted by atomic mass is 9.73. The van der Waals surface area contributed by atoms with Crippen LogP contribution in [-0.2, 0) is 4.79 Å². The fourth-order valence-electron chi connectivity index (χ4n) is 6.81. The zero-order chi connectivity index (χ0) is 26.2. The summed E-state index contributed by atoms with van der Waals surface area (Å²) in [5.74, 6) is 0.278. The minimum Gasteiger partial charge on any atom is -0.477 e. The average molecular weight is 527 g/mol. The Labute approximate surface area is 224 Å². The minimum atomic E-state index is -0.909. The molecule has 2 aromatic heterocycles. The van der Waals surface area contributed by atoms with E-state index in [4.69, 9.17) is 0 Å². The molecule has 3 aliphatic carbocycles. The van der Waals surface area contributed by atoms with Crippen LogP contribution in [0.1, 0.15) is 124 Å². The second kappa shape index (κ2) is 10.9. The Morgan fingerprint density at radius 1 is 1.03 bits per heavy atom. The highest BCUT2D eigenvalue weighted by atomic mass is 32.1. The SMILES string of the molecule is CC1(C)CCC(c2cc(N(C(=O)[C@H]3CC[C@H](C)CC3)[C@H]3CC[C@H](n4ccnn4)CC3)c(C(=O)O)s2)CC1. The number of amides is 1. The Hall–Kier alpha value is -2.22. The first-order chi connectivity index (χ1) is 17.7. The smallest absolute Gasteiger partial charge is 0.348 e. The summed E-state index contributed by atoms with van der Waals surface area (Å²) in [6, 6.07) is 2.40. The maximum atomic E-state index is 14.2. The number of rotatable bonds is 6. The maximum Gasteiger partial charge on any atom is 0.348 e. The Balaban J connectivity index is 1.44. The fraction of sp³-hybridized carbons (Fsp3) is 0.724. The maximum absolute atomic E-state index is 14.2. The van der Waals surface area contributed by atoms with Crippen molar-refractivity contribution in [2.75, 3.05) is 4.90 Å². The van der Waals surface area contributed by atoms with Crippen LogP contribution in [0, 0.1) is 17.3 Å². The molecule has 7 nitrogen and oxygen atoms in total. The van der Waals surface area contributed by atoms with Crippen molar-refractivity contribution in [2.24, 2.45) is 17.3 Å². The summed E-state index contributed by atoms with van der Waals surface area (Å²) in [5.41, 5.74) is 1.01. The van der Waals surface area contributed by atoms with Gasteiger partial charge < -0.3 is 10.0 Å². The van der Waals surface area contributed by atoms with Gasteiger partial charge in [0.15, 0.2) is 0 Å². The number of carboxylic acid groups (broad SMARTS) is 1. The normalized spacial score (nSPS) is 28.6. The molecule has 0 aliphatic heterocycles. The van der Waals surface area contributed by atoms with Crippen molar-refractivity contribution < 1.29 is 14.7 Å². The quantitative estimate of drug-likeness (QED) is 0.435. The summed E-state index contributed by atoms with van der Waals surface area (Å²) in [6.07, 6.45) is 15.6. The van der Waals surface area contributed by atoms with E-state index in [-0.39, 0.29) is 23.9 Å². The fourth-order valence-corrected chi connectivity index (χ4v) is 7.97. The van der Waals surface area contributed by atoms with Crippen molar-refractivity contribution in [3.63, 3.8) is 0 Å². The third kappa shape index (κ3) is 5.79. The number of carboxylic acids is 1. The molecule has 8 heteroatoms. The average Bonchev–Trinajstić information content (AvgIpc) is 3.56. The molecule has 0 unspecified atom stereocenters. The number of anilines is 1. The highest BCUT2D eigenvalue weighted by Gasteiger charge is 2.39. The molecule has 2 heterocycles.